The molecule has 1 rings (SSSR count). The Morgan fingerprint density at radius 1 is 1.53 bits per heavy atom. The lowest BCUT2D eigenvalue weighted by Crippen LogP contribution is -2.24. The standard InChI is InChI=1S/C12H18N2O/c1-3-4-8-13-12(15)10-11-7-5-6-9-14(11)2/h5-7,9-10H,3-4,8H2,1-2H3,(H,13,15)/b11-10+. The van der Waals surface area contributed by atoms with E-state index >= 15 is 0 Å². The van der Waals surface area contributed by atoms with Crippen molar-refractivity contribution in [3.05, 3.63) is 36.2 Å². The van der Waals surface area contributed by atoms with Gasteiger partial charge in [0.2, 0.25) is 5.91 Å². The summed E-state index contributed by atoms with van der Waals surface area (Å²) in [7, 11) is 1.92. The molecule has 0 radical (unpaired) electrons. The predicted molar refractivity (Wildman–Crippen MR) is 62.0 cm³/mol. The number of hydrogen-bond acceptors (Lipinski definition) is 2. The molecular weight excluding hydrogens is 188 g/mol. The highest BCUT2D eigenvalue weighted by Gasteiger charge is 2.03. The van der Waals surface area contributed by atoms with Gasteiger partial charge in [-0.1, -0.05) is 19.4 Å². The monoisotopic (exact) mass is 206 g/mol. The van der Waals surface area contributed by atoms with Crippen LogP contribution in [0, 0.1) is 0 Å². The molecule has 1 aliphatic heterocycles. The highest BCUT2D eigenvalue weighted by atomic mass is 16.1. The minimum absolute atomic E-state index is 0.0229. The van der Waals surface area contributed by atoms with Crippen LogP contribution in [-0.4, -0.2) is 24.4 Å². The van der Waals surface area contributed by atoms with Gasteiger partial charge < -0.3 is 10.2 Å². The zero-order chi connectivity index (χ0) is 11.1. The van der Waals surface area contributed by atoms with Crippen molar-refractivity contribution in [3.63, 3.8) is 0 Å². The molecule has 0 saturated carbocycles. The molecule has 15 heavy (non-hydrogen) atoms. The molecule has 3 heteroatoms. The molecule has 3 nitrogen and oxygen atoms in total. The van der Waals surface area contributed by atoms with Gasteiger partial charge in [0.15, 0.2) is 0 Å². The molecule has 0 bridgehead atoms. The van der Waals surface area contributed by atoms with Crippen molar-refractivity contribution < 1.29 is 4.79 Å². The van der Waals surface area contributed by atoms with E-state index in [1.54, 1.807) is 6.08 Å². The maximum absolute atomic E-state index is 11.5. The Labute approximate surface area is 91.2 Å². The average molecular weight is 206 g/mol. The summed E-state index contributed by atoms with van der Waals surface area (Å²) in [4.78, 5) is 13.4. The number of nitrogens with zero attached hydrogens (tertiary/aromatic N) is 1. The molecule has 82 valence electrons. The molecule has 0 atom stereocenters. The third kappa shape index (κ3) is 4.02. The summed E-state index contributed by atoms with van der Waals surface area (Å²) in [6.45, 7) is 2.86. The highest BCUT2D eigenvalue weighted by Crippen LogP contribution is 2.08. The minimum Gasteiger partial charge on any atom is -0.352 e. The largest absolute Gasteiger partial charge is 0.352 e. The van der Waals surface area contributed by atoms with E-state index in [-0.39, 0.29) is 5.91 Å². The van der Waals surface area contributed by atoms with Crippen molar-refractivity contribution in [3.8, 4) is 0 Å². The van der Waals surface area contributed by atoms with Crippen molar-refractivity contribution >= 4 is 5.91 Å². The van der Waals surface area contributed by atoms with Gasteiger partial charge in [-0.15, -0.1) is 0 Å². The molecular formula is C12H18N2O. The van der Waals surface area contributed by atoms with Crippen molar-refractivity contribution in [2.24, 2.45) is 0 Å². The number of allylic oxidation sites excluding steroid dienone is 3. The summed E-state index contributed by atoms with van der Waals surface area (Å²) in [6.07, 6.45) is 11.4. The summed E-state index contributed by atoms with van der Waals surface area (Å²) in [5.41, 5.74) is 0.909. The lowest BCUT2D eigenvalue weighted by Gasteiger charge is -2.17. The lowest BCUT2D eigenvalue weighted by atomic mass is 10.2. The van der Waals surface area contributed by atoms with E-state index < -0.39 is 0 Å². The molecule has 1 heterocycles. The number of hydrogen-bond donors (Lipinski definition) is 1. The molecule has 0 saturated heterocycles. The fraction of sp³-hybridized carbons (Fsp3) is 0.417. The Hall–Kier alpha value is -1.51. The first kappa shape index (κ1) is 11.6. The quantitative estimate of drug-likeness (QED) is 0.562. The van der Waals surface area contributed by atoms with Crippen molar-refractivity contribution in [2.75, 3.05) is 13.6 Å². The molecule has 0 aromatic carbocycles. The smallest absolute Gasteiger partial charge is 0.246 e. The maximum Gasteiger partial charge on any atom is 0.246 e. The van der Waals surface area contributed by atoms with Gasteiger partial charge in [0.05, 0.1) is 0 Å². The van der Waals surface area contributed by atoms with Crippen molar-refractivity contribution in [1.29, 1.82) is 0 Å². The summed E-state index contributed by atoms with van der Waals surface area (Å²) >= 11 is 0. The molecule has 0 aromatic heterocycles. The van der Waals surface area contributed by atoms with Crippen LogP contribution >= 0.6 is 0 Å². The Kier molecular flexibility index (Phi) is 4.68. The van der Waals surface area contributed by atoms with Gasteiger partial charge in [0, 0.05) is 31.6 Å². The van der Waals surface area contributed by atoms with Crippen molar-refractivity contribution in [1.82, 2.24) is 10.2 Å². The predicted octanol–water partition coefficient (Wildman–Crippen LogP) is 1.80. The molecule has 0 spiro atoms. The fourth-order valence-electron chi connectivity index (χ4n) is 1.26. The third-order valence-electron chi connectivity index (χ3n) is 2.20. The van der Waals surface area contributed by atoms with Gasteiger partial charge in [-0.05, 0) is 18.6 Å². The van der Waals surface area contributed by atoms with E-state index in [9.17, 15) is 4.79 Å². The van der Waals surface area contributed by atoms with Crippen molar-refractivity contribution in [2.45, 2.75) is 19.8 Å². The van der Waals surface area contributed by atoms with E-state index in [2.05, 4.69) is 12.2 Å². The average Bonchev–Trinajstić information content (AvgIpc) is 2.22. The zero-order valence-electron chi connectivity index (χ0n) is 9.36. The lowest BCUT2D eigenvalue weighted by molar-refractivity contribution is -0.116. The van der Waals surface area contributed by atoms with Crippen LogP contribution in [0.15, 0.2) is 36.2 Å². The van der Waals surface area contributed by atoms with E-state index in [4.69, 9.17) is 0 Å². The molecule has 0 unspecified atom stereocenters. The van der Waals surface area contributed by atoms with Crippen LogP contribution in [0.4, 0.5) is 0 Å². The minimum atomic E-state index is -0.0229. The van der Waals surface area contributed by atoms with E-state index in [0.29, 0.717) is 0 Å². The second kappa shape index (κ2) is 6.06. The van der Waals surface area contributed by atoms with Crippen LogP contribution in [0.3, 0.4) is 0 Å². The topological polar surface area (TPSA) is 32.3 Å². The Balaban J connectivity index is 2.44. The molecule has 1 amide bonds. The first-order chi connectivity index (χ1) is 7.24. The molecule has 1 aliphatic rings. The van der Waals surface area contributed by atoms with Crippen LogP contribution in [0.25, 0.3) is 0 Å². The van der Waals surface area contributed by atoms with E-state index in [1.165, 1.54) is 0 Å². The third-order valence-corrected chi connectivity index (χ3v) is 2.20. The Morgan fingerprint density at radius 3 is 3.00 bits per heavy atom. The SMILES string of the molecule is CCCCNC(=O)/C=C1\C=CC=CN1C. The number of nitrogens with one attached hydrogen (secondary N) is 1. The van der Waals surface area contributed by atoms with Crippen LogP contribution in [0.1, 0.15) is 19.8 Å². The zero-order valence-corrected chi connectivity index (χ0v) is 9.36. The van der Waals surface area contributed by atoms with Gasteiger partial charge in [0.1, 0.15) is 0 Å². The van der Waals surface area contributed by atoms with E-state index in [0.717, 1.165) is 25.1 Å². The number of amides is 1. The van der Waals surface area contributed by atoms with Gasteiger partial charge >= 0.3 is 0 Å². The number of carbonyl (C=O) groups excluding carboxylic acids is 1. The molecule has 0 aliphatic carbocycles. The van der Waals surface area contributed by atoms with Gasteiger partial charge in [-0.25, -0.2) is 0 Å². The van der Waals surface area contributed by atoms with Gasteiger partial charge in [0.25, 0.3) is 0 Å². The second-order valence-electron chi connectivity index (χ2n) is 3.53. The second-order valence-corrected chi connectivity index (χ2v) is 3.53. The van der Waals surface area contributed by atoms with Gasteiger partial charge in [-0.2, -0.15) is 0 Å². The number of likely N-dealkylation sites (N-methyl/N-ethyl adjacent to an activating group) is 1. The number of unbranched alkanes of at least 4 members (excludes halogenated alkanes) is 1. The fourth-order valence-corrected chi connectivity index (χ4v) is 1.26. The summed E-state index contributed by atoms with van der Waals surface area (Å²) in [6, 6.07) is 0. The Morgan fingerprint density at radius 2 is 2.33 bits per heavy atom. The van der Waals surface area contributed by atoms with E-state index in [1.807, 2.05) is 36.4 Å². The summed E-state index contributed by atoms with van der Waals surface area (Å²) in [5, 5.41) is 2.85. The highest BCUT2D eigenvalue weighted by molar-refractivity contribution is 5.88. The molecule has 0 fully saturated rings. The van der Waals surface area contributed by atoms with Gasteiger partial charge in [-0.3, -0.25) is 4.79 Å². The Bertz CT molecular complexity index is 303. The molecule has 0 aromatic rings. The first-order valence-corrected chi connectivity index (χ1v) is 5.31. The van der Waals surface area contributed by atoms with Crippen LogP contribution in [-0.2, 0) is 4.79 Å². The summed E-state index contributed by atoms with van der Waals surface area (Å²) in [5.74, 6) is -0.0229. The summed E-state index contributed by atoms with van der Waals surface area (Å²) < 4.78 is 0. The number of rotatable bonds is 4. The van der Waals surface area contributed by atoms with Crippen LogP contribution in [0.5, 0.6) is 0 Å². The maximum atomic E-state index is 11.5. The van der Waals surface area contributed by atoms with Crippen LogP contribution in [0.2, 0.25) is 0 Å². The number of carbonyl (C=O) groups is 1. The molecule has 1 N–H and O–H groups in total. The first-order valence-electron chi connectivity index (χ1n) is 5.31. The van der Waals surface area contributed by atoms with Crippen LogP contribution < -0.4 is 5.32 Å². The normalized spacial score (nSPS) is 17.2.